The van der Waals surface area contributed by atoms with Crippen LogP contribution in [0.5, 0.6) is 0 Å². The Balaban J connectivity index is 1.49. The number of carbonyl (C=O) groups is 1. The van der Waals surface area contributed by atoms with Crippen LogP contribution in [-0.2, 0) is 6.42 Å². The molecule has 1 saturated heterocycles. The van der Waals surface area contributed by atoms with Crippen LogP contribution in [0.3, 0.4) is 0 Å². The number of nitrogens with zero attached hydrogens (tertiary/aromatic N) is 2. The van der Waals surface area contributed by atoms with Crippen molar-refractivity contribution in [2.75, 3.05) is 13.1 Å². The van der Waals surface area contributed by atoms with Crippen LogP contribution in [0.15, 0.2) is 4.52 Å². The Bertz CT molecular complexity index is 546. The third kappa shape index (κ3) is 3.76. The third-order valence-electron chi connectivity index (χ3n) is 6.09. The molecule has 1 saturated carbocycles. The summed E-state index contributed by atoms with van der Waals surface area (Å²) in [6, 6.07) is 0.166. The van der Waals surface area contributed by atoms with Crippen molar-refractivity contribution in [2.45, 2.75) is 78.2 Å². The second-order valence-electron chi connectivity index (χ2n) is 7.91. The van der Waals surface area contributed by atoms with Crippen LogP contribution in [0.4, 0.5) is 4.79 Å². The molecule has 0 radical (unpaired) electrons. The molecule has 1 aromatic rings. The minimum absolute atomic E-state index is 0.0832. The Labute approximate surface area is 145 Å². The summed E-state index contributed by atoms with van der Waals surface area (Å²) in [5.41, 5.74) is 2.57. The van der Waals surface area contributed by atoms with Gasteiger partial charge in [0.05, 0.1) is 5.69 Å². The van der Waals surface area contributed by atoms with Gasteiger partial charge >= 0.3 is 6.03 Å². The zero-order valence-electron chi connectivity index (χ0n) is 15.4. The van der Waals surface area contributed by atoms with Gasteiger partial charge in [-0.1, -0.05) is 24.4 Å². The van der Waals surface area contributed by atoms with Crippen molar-refractivity contribution in [1.29, 1.82) is 0 Å². The smallest absolute Gasteiger partial charge is 0.317 e. The normalized spacial score (nSPS) is 21.7. The Morgan fingerprint density at radius 1 is 1.21 bits per heavy atom. The van der Waals surface area contributed by atoms with Gasteiger partial charge in [0.15, 0.2) is 0 Å². The summed E-state index contributed by atoms with van der Waals surface area (Å²) < 4.78 is 5.21. The van der Waals surface area contributed by atoms with Gasteiger partial charge in [0.2, 0.25) is 0 Å². The van der Waals surface area contributed by atoms with Gasteiger partial charge in [-0.25, -0.2) is 4.79 Å². The number of likely N-dealkylation sites (tertiary alicyclic amines) is 1. The van der Waals surface area contributed by atoms with Crippen molar-refractivity contribution in [2.24, 2.45) is 5.41 Å². The van der Waals surface area contributed by atoms with Gasteiger partial charge in [-0.05, 0) is 58.3 Å². The number of hydrogen-bond acceptors (Lipinski definition) is 3. The highest BCUT2D eigenvalue weighted by atomic mass is 16.5. The molecule has 2 aliphatic rings. The highest BCUT2D eigenvalue weighted by Crippen LogP contribution is 2.44. The molecule has 1 aromatic heterocycles. The molecule has 24 heavy (non-hydrogen) atoms. The molecular weight excluding hydrogens is 302 g/mol. The predicted octanol–water partition coefficient (Wildman–Crippen LogP) is 3.98. The molecule has 5 heteroatoms. The summed E-state index contributed by atoms with van der Waals surface area (Å²) >= 11 is 0. The van der Waals surface area contributed by atoms with E-state index >= 15 is 0 Å². The fourth-order valence-corrected chi connectivity index (χ4v) is 4.44. The van der Waals surface area contributed by atoms with E-state index in [1.807, 2.05) is 18.7 Å². The van der Waals surface area contributed by atoms with Gasteiger partial charge < -0.3 is 14.7 Å². The van der Waals surface area contributed by atoms with Crippen molar-refractivity contribution in [3.05, 3.63) is 17.0 Å². The standard InChI is InChI=1S/C19H31N3O2/c1-14(13-17-15(2)21-24-16(17)3)20-18(23)22-11-9-19(10-12-22)7-5-4-6-8-19/h14H,4-13H2,1-3H3,(H,20,23)/t14-/m1/s1. The maximum Gasteiger partial charge on any atom is 0.317 e. The van der Waals surface area contributed by atoms with E-state index in [1.54, 1.807) is 0 Å². The lowest BCUT2D eigenvalue weighted by molar-refractivity contribution is 0.0805. The molecule has 3 rings (SSSR count). The Kier molecular flexibility index (Phi) is 5.16. The molecular formula is C19H31N3O2. The van der Waals surface area contributed by atoms with Crippen LogP contribution in [-0.4, -0.2) is 35.2 Å². The number of piperidine rings is 1. The first-order valence-corrected chi connectivity index (χ1v) is 9.46. The van der Waals surface area contributed by atoms with E-state index < -0.39 is 0 Å². The van der Waals surface area contributed by atoms with E-state index in [0.717, 1.165) is 36.5 Å². The van der Waals surface area contributed by atoms with Crippen LogP contribution < -0.4 is 5.32 Å². The second kappa shape index (κ2) is 7.16. The molecule has 1 aliphatic carbocycles. The number of nitrogens with one attached hydrogen (secondary N) is 1. The third-order valence-corrected chi connectivity index (χ3v) is 6.09. The van der Waals surface area contributed by atoms with Crippen molar-refractivity contribution < 1.29 is 9.32 Å². The number of amides is 2. The van der Waals surface area contributed by atoms with E-state index in [0.29, 0.717) is 5.41 Å². The summed E-state index contributed by atoms with van der Waals surface area (Å²) in [7, 11) is 0. The van der Waals surface area contributed by atoms with Crippen LogP contribution in [0.25, 0.3) is 0 Å². The van der Waals surface area contributed by atoms with Crippen molar-refractivity contribution >= 4 is 6.03 Å². The molecule has 1 aliphatic heterocycles. The molecule has 134 valence electrons. The highest BCUT2D eigenvalue weighted by molar-refractivity contribution is 5.74. The quantitative estimate of drug-likeness (QED) is 0.910. The first-order valence-electron chi connectivity index (χ1n) is 9.46. The Morgan fingerprint density at radius 2 is 1.88 bits per heavy atom. The van der Waals surface area contributed by atoms with Crippen LogP contribution in [0, 0.1) is 19.3 Å². The summed E-state index contributed by atoms with van der Waals surface area (Å²) in [5.74, 6) is 0.853. The lowest BCUT2D eigenvalue weighted by Crippen LogP contribution is -2.50. The zero-order valence-corrected chi connectivity index (χ0v) is 15.4. The van der Waals surface area contributed by atoms with Gasteiger partial charge in [0.1, 0.15) is 5.76 Å². The fourth-order valence-electron chi connectivity index (χ4n) is 4.44. The van der Waals surface area contributed by atoms with Gasteiger partial charge in [0.25, 0.3) is 0 Å². The SMILES string of the molecule is Cc1noc(C)c1C[C@@H](C)NC(=O)N1CCC2(CCCCC2)CC1. The van der Waals surface area contributed by atoms with E-state index in [9.17, 15) is 4.79 Å². The van der Waals surface area contributed by atoms with Gasteiger partial charge in [-0.3, -0.25) is 0 Å². The van der Waals surface area contributed by atoms with E-state index in [-0.39, 0.29) is 12.1 Å². The summed E-state index contributed by atoms with van der Waals surface area (Å²) in [6.45, 7) is 7.75. The second-order valence-corrected chi connectivity index (χ2v) is 7.91. The number of rotatable bonds is 3. The molecule has 2 heterocycles. The van der Waals surface area contributed by atoms with Crippen molar-refractivity contribution in [3.63, 3.8) is 0 Å². The average molecular weight is 333 g/mol. The Hall–Kier alpha value is -1.52. The summed E-state index contributed by atoms with van der Waals surface area (Å²) in [5, 5.41) is 7.14. The maximum atomic E-state index is 12.6. The minimum atomic E-state index is 0.0832. The van der Waals surface area contributed by atoms with Gasteiger partial charge in [-0.15, -0.1) is 0 Å². The van der Waals surface area contributed by atoms with E-state index in [1.165, 1.54) is 44.9 Å². The van der Waals surface area contributed by atoms with E-state index in [2.05, 4.69) is 17.4 Å². The molecule has 0 aromatic carbocycles. The molecule has 1 N–H and O–H groups in total. The molecule has 1 spiro atoms. The first-order chi connectivity index (χ1) is 11.5. The summed E-state index contributed by atoms with van der Waals surface area (Å²) in [4.78, 5) is 14.6. The largest absolute Gasteiger partial charge is 0.361 e. The van der Waals surface area contributed by atoms with Crippen LogP contribution >= 0.6 is 0 Å². The Morgan fingerprint density at radius 3 is 2.46 bits per heavy atom. The highest BCUT2D eigenvalue weighted by Gasteiger charge is 2.36. The molecule has 0 bridgehead atoms. The molecule has 1 atom stereocenters. The van der Waals surface area contributed by atoms with Crippen molar-refractivity contribution in [3.8, 4) is 0 Å². The molecule has 2 amide bonds. The number of carbonyl (C=O) groups excluding carboxylic acids is 1. The lowest BCUT2D eigenvalue weighted by Gasteiger charge is -2.44. The number of aromatic nitrogens is 1. The molecule has 0 unspecified atom stereocenters. The van der Waals surface area contributed by atoms with E-state index in [4.69, 9.17) is 4.52 Å². The fraction of sp³-hybridized carbons (Fsp3) is 0.789. The lowest BCUT2D eigenvalue weighted by atomic mass is 9.68. The number of urea groups is 1. The number of aryl methyl sites for hydroxylation is 2. The van der Waals surface area contributed by atoms with Gasteiger partial charge in [-0.2, -0.15) is 0 Å². The summed E-state index contributed by atoms with van der Waals surface area (Å²) in [6.07, 6.45) is 10.0. The van der Waals surface area contributed by atoms with Crippen LogP contribution in [0.2, 0.25) is 0 Å². The maximum absolute atomic E-state index is 12.6. The molecule has 5 nitrogen and oxygen atoms in total. The minimum Gasteiger partial charge on any atom is -0.361 e. The monoisotopic (exact) mass is 333 g/mol. The average Bonchev–Trinajstić information content (AvgIpc) is 2.88. The van der Waals surface area contributed by atoms with Crippen LogP contribution in [0.1, 0.15) is 68.9 Å². The zero-order chi connectivity index (χ0) is 17.2. The number of hydrogen-bond donors (Lipinski definition) is 1. The van der Waals surface area contributed by atoms with Crippen molar-refractivity contribution in [1.82, 2.24) is 15.4 Å². The molecule has 2 fully saturated rings. The predicted molar refractivity (Wildman–Crippen MR) is 94.0 cm³/mol. The first kappa shape index (κ1) is 17.3. The van der Waals surface area contributed by atoms with Gasteiger partial charge in [0, 0.05) is 24.7 Å². The topological polar surface area (TPSA) is 58.4 Å².